The van der Waals surface area contributed by atoms with E-state index < -0.39 is 11.7 Å². The van der Waals surface area contributed by atoms with Crippen molar-refractivity contribution in [2.45, 2.75) is 19.2 Å². The second kappa shape index (κ2) is 8.32. The monoisotopic (exact) mass is 420 g/mol. The summed E-state index contributed by atoms with van der Waals surface area (Å²) in [6, 6.07) is 19.3. The minimum atomic E-state index is -0.559. The van der Waals surface area contributed by atoms with Crippen LogP contribution in [0.2, 0.25) is 0 Å². The fourth-order valence-corrected chi connectivity index (χ4v) is 4.79. The normalized spacial score (nSPS) is 16.0. The zero-order valence-electron chi connectivity index (χ0n) is 16.7. The van der Waals surface area contributed by atoms with Crippen molar-refractivity contribution in [2.75, 3.05) is 16.0 Å². The maximum absolute atomic E-state index is 13.8. The number of carbonyl (C=O) groups excluding carboxylic acids is 2. The van der Waals surface area contributed by atoms with E-state index in [2.05, 4.69) is 11.4 Å². The van der Waals surface area contributed by atoms with Crippen LogP contribution in [-0.4, -0.2) is 17.6 Å². The molecule has 152 valence electrons. The van der Waals surface area contributed by atoms with Gasteiger partial charge in [-0.15, -0.1) is 11.8 Å². The number of carbonyl (C=O) groups is 2. The standard InChI is InChI=1S/C24H21FN2O2S/c1-15-11-16(2)13-19(12-15)27-22(28)14-30-24(27)17-7-9-18(10-8-17)26-23(29)20-5-3-4-6-21(20)25/h3-13,24H,14H2,1-2H3,(H,26,29)/t24-/m0/s1. The van der Waals surface area contributed by atoms with Gasteiger partial charge in [0.15, 0.2) is 0 Å². The molecule has 0 unspecified atom stereocenters. The summed E-state index contributed by atoms with van der Waals surface area (Å²) in [4.78, 5) is 26.7. The number of benzene rings is 3. The summed E-state index contributed by atoms with van der Waals surface area (Å²) in [5.41, 5.74) is 4.65. The van der Waals surface area contributed by atoms with Crippen LogP contribution in [0, 0.1) is 19.7 Å². The predicted molar refractivity (Wildman–Crippen MR) is 119 cm³/mol. The molecule has 1 aliphatic rings. The Balaban J connectivity index is 1.55. The molecule has 2 amide bonds. The van der Waals surface area contributed by atoms with Crippen molar-refractivity contribution < 1.29 is 14.0 Å². The highest BCUT2D eigenvalue weighted by Crippen LogP contribution is 2.42. The molecule has 1 fully saturated rings. The van der Waals surface area contributed by atoms with Crippen molar-refractivity contribution >= 4 is 35.0 Å². The number of rotatable bonds is 4. The smallest absolute Gasteiger partial charge is 0.258 e. The second-order valence-electron chi connectivity index (χ2n) is 7.33. The topological polar surface area (TPSA) is 49.4 Å². The van der Waals surface area contributed by atoms with Gasteiger partial charge in [0.25, 0.3) is 5.91 Å². The van der Waals surface area contributed by atoms with Crippen molar-refractivity contribution in [3.05, 3.63) is 94.8 Å². The van der Waals surface area contributed by atoms with Crippen molar-refractivity contribution in [3.63, 3.8) is 0 Å². The first-order chi connectivity index (χ1) is 14.4. The summed E-state index contributed by atoms with van der Waals surface area (Å²) in [7, 11) is 0. The van der Waals surface area contributed by atoms with Crippen molar-refractivity contribution in [1.82, 2.24) is 0 Å². The van der Waals surface area contributed by atoms with Crippen LogP contribution in [-0.2, 0) is 4.79 Å². The van der Waals surface area contributed by atoms with Crippen LogP contribution in [0.25, 0.3) is 0 Å². The number of anilines is 2. The molecule has 0 aliphatic carbocycles. The number of hydrogen-bond acceptors (Lipinski definition) is 3. The molecule has 0 saturated carbocycles. The predicted octanol–water partition coefficient (Wildman–Crippen LogP) is 5.47. The molecule has 1 saturated heterocycles. The van der Waals surface area contributed by atoms with Gasteiger partial charge in [-0.3, -0.25) is 14.5 Å². The lowest BCUT2D eigenvalue weighted by Gasteiger charge is -2.25. The molecular formula is C24H21FN2O2S. The molecule has 4 nitrogen and oxygen atoms in total. The fourth-order valence-electron chi connectivity index (χ4n) is 3.61. The van der Waals surface area contributed by atoms with Gasteiger partial charge in [-0.1, -0.05) is 30.3 Å². The first-order valence-electron chi connectivity index (χ1n) is 9.60. The Hall–Kier alpha value is -3.12. The highest BCUT2D eigenvalue weighted by molar-refractivity contribution is 8.00. The summed E-state index contributed by atoms with van der Waals surface area (Å²) in [5.74, 6) is -0.560. The molecule has 0 radical (unpaired) electrons. The van der Waals surface area contributed by atoms with E-state index in [1.165, 1.54) is 12.1 Å². The van der Waals surface area contributed by atoms with E-state index in [0.717, 1.165) is 22.4 Å². The van der Waals surface area contributed by atoms with Gasteiger partial charge in [-0.25, -0.2) is 4.39 Å². The average molecular weight is 421 g/mol. The van der Waals surface area contributed by atoms with E-state index in [1.54, 1.807) is 36.0 Å². The third kappa shape index (κ3) is 4.09. The zero-order valence-corrected chi connectivity index (χ0v) is 17.5. The summed E-state index contributed by atoms with van der Waals surface area (Å²) < 4.78 is 13.8. The molecule has 1 aliphatic heterocycles. The Morgan fingerprint density at radius 2 is 1.70 bits per heavy atom. The van der Waals surface area contributed by atoms with Gasteiger partial charge >= 0.3 is 0 Å². The van der Waals surface area contributed by atoms with E-state index in [-0.39, 0.29) is 16.8 Å². The van der Waals surface area contributed by atoms with Gasteiger partial charge in [-0.2, -0.15) is 0 Å². The highest BCUT2D eigenvalue weighted by Gasteiger charge is 2.34. The number of thioether (sulfide) groups is 1. The van der Waals surface area contributed by atoms with E-state index in [0.29, 0.717) is 11.4 Å². The third-order valence-electron chi connectivity index (χ3n) is 4.92. The van der Waals surface area contributed by atoms with E-state index >= 15 is 0 Å². The molecule has 6 heteroatoms. The molecule has 1 heterocycles. The van der Waals surface area contributed by atoms with Gasteiger partial charge in [0.2, 0.25) is 5.91 Å². The Kier molecular flexibility index (Phi) is 5.59. The number of nitrogens with zero attached hydrogens (tertiary/aromatic N) is 1. The number of nitrogens with one attached hydrogen (secondary N) is 1. The van der Waals surface area contributed by atoms with Crippen LogP contribution in [0.4, 0.5) is 15.8 Å². The zero-order chi connectivity index (χ0) is 21.3. The van der Waals surface area contributed by atoms with Gasteiger partial charge in [-0.05, 0) is 66.9 Å². The lowest BCUT2D eigenvalue weighted by Crippen LogP contribution is -2.28. The SMILES string of the molecule is Cc1cc(C)cc(N2C(=O)CS[C@H]2c2ccc(NC(=O)c3ccccc3F)cc2)c1. The van der Waals surface area contributed by atoms with E-state index in [1.807, 2.05) is 43.0 Å². The number of halogens is 1. The minimum Gasteiger partial charge on any atom is -0.322 e. The largest absolute Gasteiger partial charge is 0.322 e. The molecule has 1 atom stereocenters. The van der Waals surface area contributed by atoms with Crippen LogP contribution in [0.3, 0.4) is 0 Å². The Bertz CT molecular complexity index is 1090. The molecule has 1 N–H and O–H groups in total. The van der Waals surface area contributed by atoms with Crippen molar-refractivity contribution in [2.24, 2.45) is 0 Å². The minimum absolute atomic E-state index is 0.000450. The lowest BCUT2D eigenvalue weighted by molar-refractivity contribution is -0.115. The fraction of sp³-hybridized carbons (Fsp3) is 0.167. The number of amides is 2. The molecular weight excluding hydrogens is 399 g/mol. The lowest BCUT2D eigenvalue weighted by atomic mass is 10.1. The van der Waals surface area contributed by atoms with Crippen molar-refractivity contribution in [1.29, 1.82) is 0 Å². The first kappa shape index (κ1) is 20.2. The molecule has 0 spiro atoms. The molecule has 3 aromatic carbocycles. The van der Waals surface area contributed by atoms with Crippen LogP contribution in [0.5, 0.6) is 0 Å². The third-order valence-corrected chi connectivity index (χ3v) is 6.14. The quantitative estimate of drug-likeness (QED) is 0.609. The molecule has 3 aromatic rings. The Labute approximate surface area is 179 Å². The van der Waals surface area contributed by atoms with E-state index in [4.69, 9.17) is 0 Å². The number of hydrogen-bond donors (Lipinski definition) is 1. The summed E-state index contributed by atoms with van der Waals surface area (Å²) in [5, 5.41) is 2.59. The van der Waals surface area contributed by atoms with Gasteiger partial charge in [0.1, 0.15) is 11.2 Å². The Morgan fingerprint density at radius 1 is 1.03 bits per heavy atom. The van der Waals surface area contributed by atoms with Gasteiger partial charge in [0.05, 0.1) is 11.3 Å². The summed E-state index contributed by atoms with van der Waals surface area (Å²) >= 11 is 1.58. The summed E-state index contributed by atoms with van der Waals surface area (Å²) in [6.07, 6.45) is 0. The maximum Gasteiger partial charge on any atom is 0.258 e. The molecule has 0 aromatic heterocycles. The van der Waals surface area contributed by atoms with Gasteiger partial charge in [0, 0.05) is 11.4 Å². The molecule has 0 bridgehead atoms. The van der Waals surface area contributed by atoms with E-state index in [9.17, 15) is 14.0 Å². The highest BCUT2D eigenvalue weighted by atomic mass is 32.2. The van der Waals surface area contributed by atoms with Crippen LogP contribution in [0.15, 0.2) is 66.7 Å². The van der Waals surface area contributed by atoms with Crippen LogP contribution >= 0.6 is 11.8 Å². The molecule has 30 heavy (non-hydrogen) atoms. The average Bonchev–Trinajstić information content (AvgIpc) is 3.09. The van der Waals surface area contributed by atoms with Crippen molar-refractivity contribution in [3.8, 4) is 0 Å². The molecule has 4 rings (SSSR count). The Morgan fingerprint density at radius 3 is 2.37 bits per heavy atom. The van der Waals surface area contributed by atoms with Gasteiger partial charge < -0.3 is 5.32 Å². The van der Waals surface area contributed by atoms with Crippen LogP contribution < -0.4 is 10.2 Å². The first-order valence-corrected chi connectivity index (χ1v) is 10.6. The van der Waals surface area contributed by atoms with Crippen LogP contribution in [0.1, 0.15) is 32.4 Å². The maximum atomic E-state index is 13.8. The second-order valence-corrected chi connectivity index (χ2v) is 8.40. The summed E-state index contributed by atoms with van der Waals surface area (Å²) in [6.45, 7) is 4.04. The number of aryl methyl sites for hydroxylation is 2.